The minimum atomic E-state index is -0.572. The molecule has 8 nitrogen and oxygen atoms in total. The van der Waals surface area contributed by atoms with E-state index in [-0.39, 0.29) is 5.91 Å². The average molecular weight is 429 g/mol. The Labute approximate surface area is 183 Å². The summed E-state index contributed by atoms with van der Waals surface area (Å²) < 4.78 is 10.6. The van der Waals surface area contributed by atoms with E-state index < -0.39 is 17.2 Å². The second-order valence-corrected chi connectivity index (χ2v) is 9.23. The van der Waals surface area contributed by atoms with Gasteiger partial charge in [-0.25, -0.2) is 4.79 Å². The largest absolute Gasteiger partial charge is 0.444 e. The van der Waals surface area contributed by atoms with Gasteiger partial charge in [0.1, 0.15) is 5.60 Å². The van der Waals surface area contributed by atoms with Crippen molar-refractivity contribution >= 4 is 12.0 Å². The van der Waals surface area contributed by atoms with Crippen molar-refractivity contribution in [1.29, 1.82) is 0 Å². The van der Waals surface area contributed by atoms with Gasteiger partial charge in [-0.3, -0.25) is 4.79 Å². The molecule has 0 saturated heterocycles. The van der Waals surface area contributed by atoms with Gasteiger partial charge in [-0.15, -0.1) is 0 Å². The Balaban J connectivity index is 1.66. The van der Waals surface area contributed by atoms with Gasteiger partial charge in [-0.1, -0.05) is 30.8 Å². The molecule has 2 amide bonds. The molecule has 3 rings (SSSR count). The zero-order valence-corrected chi connectivity index (χ0v) is 18.8. The maximum atomic E-state index is 12.8. The van der Waals surface area contributed by atoms with Gasteiger partial charge in [0, 0.05) is 17.7 Å². The topological polar surface area (TPSA) is 106 Å². The summed E-state index contributed by atoms with van der Waals surface area (Å²) in [6.07, 6.45) is 5.44. The number of benzene rings is 1. The minimum Gasteiger partial charge on any atom is -0.444 e. The summed E-state index contributed by atoms with van der Waals surface area (Å²) in [5, 5.41) is 9.86. The molecule has 1 heterocycles. The van der Waals surface area contributed by atoms with Gasteiger partial charge < -0.3 is 19.9 Å². The lowest BCUT2D eigenvalue weighted by Crippen LogP contribution is -2.56. The fourth-order valence-electron chi connectivity index (χ4n) is 3.80. The predicted molar refractivity (Wildman–Crippen MR) is 117 cm³/mol. The Morgan fingerprint density at radius 1 is 1.10 bits per heavy atom. The lowest BCUT2D eigenvalue weighted by atomic mass is 9.90. The summed E-state index contributed by atoms with van der Waals surface area (Å²) in [6.45, 7) is 7.63. The number of nitrogens with zero attached hydrogens (tertiary/aromatic N) is 2. The van der Waals surface area contributed by atoms with Crippen molar-refractivity contribution in [1.82, 2.24) is 20.8 Å². The average Bonchev–Trinajstić information content (AvgIpc) is 3.00. The van der Waals surface area contributed by atoms with Gasteiger partial charge in [0.15, 0.2) is 5.82 Å². The van der Waals surface area contributed by atoms with E-state index in [1.54, 1.807) is 31.2 Å². The van der Waals surface area contributed by atoms with E-state index >= 15 is 0 Å². The highest BCUT2D eigenvalue weighted by molar-refractivity contribution is 5.94. The van der Waals surface area contributed by atoms with E-state index in [0.29, 0.717) is 23.8 Å². The van der Waals surface area contributed by atoms with E-state index in [1.807, 2.05) is 20.8 Å². The number of carbonyl (C=O) groups is 2. The van der Waals surface area contributed by atoms with Crippen LogP contribution in [0, 0.1) is 6.92 Å². The number of hydrogen-bond donors (Lipinski definition) is 2. The van der Waals surface area contributed by atoms with Crippen LogP contribution in [0.25, 0.3) is 11.5 Å². The molecule has 1 aromatic heterocycles. The molecule has 1 aliphatic carbocycles. The highest BCUT2D eigenvalue weighted by Crippen LogP contribution is 2.27. The number of aromatic nitrogens is 2. The first-order valence-electron chi connectivity index (χ1n) is 10.9. The number of rotatable bonds is 5. The standard InChI is InChI=1S/C23H32N4O4/c1-16-25-20(31-27-16)18-11-9-17(10-12-18)19(28)24-15-23(13-7-5-6-8-14-23)26-21(29)30-22(2,3)4/h9-12H,5-8,13-15H2,1-4H3,(H,24,28)(H,26,29). The van der Waals surface area contributed by atoms with Crippen molar-refractivity contribution in [2.75, 3.05) is 6.54 Å². The second-order valence-electron chi connectivity index (χ2n) is 9.23. The van der Waals surface area contributed by atoms with Crippen LogP contribution >= 0.6 is 0 Å². The molecule has 1 aliphatic rings. The van der Waals surface area contributed by atoms with Crippen LogP contribution in [-0.2, 0) is 4.74 Å². The van der Waals surface area contributed by atoms with Crippen LogP contribution in [0.1, 0.15) is 75.5 Å². The molecule has 2 N–H and O–H groups in total. The molecule has 168 valence electrons. The van der Waals surface area contributed by atoms with Gasteiger partial charge in [0.25, 0.3) is 11.8 Å². The van der Waals surface area contributed by atoms with E-state index in [2.05, 4.69) is 20.8 Å². The predicted octanol–water partition coefficient (Wildman–Crippen LogP) is 4.39. The monoisotopic (exact) mass is 428 g/mol. The molecular formula is C23H32N4O4. The number of nitrogens with one attached hydrogen (secondary N) is 2. The lowest BCUT2D eigenvalue weighted by molar-refractivity contribution is 0.0437. The molecule has 1 fully saturated rings. The van der Waals surface area contributed by atoms with Gasteiger partial charge in [0.2, 0.25) is 0 Å². The fourth-order valence-corrected chi connectivity index (χ4v) is 3.80. The van der Waals surface area contributed by atoms with Crippen LogP contribution in [0.4, 0.5) is 4.79 Å². The maximum absolute atomic E-state index is 12.8. The molecule has 1 saturated carbocycles. The second kappa shape index (κ2) is 9.49. The van der Waals surface area contributed by atoms with E-state index in [1.165, 1.54) is 0 Å². The Bertz CT molecular complexity index is 891. The number of amides is 2. The fraction of sp³-hybridized carbons (Fsp3) is 0.565. The summed E-state index contributed by atoms with van der Waals surface area (Å²) in [5.41, 5.74) is 0.207. The van der Waals surface area contributed by atoms with Crippen LogP contribution in [-0.4, -0.2) is 39.8 Å². The maximum Gasteiger partial charge on any atom is 0.408 e. The number of alkyl carbamates (subject to hydrolysis) is 1. The summed E-state index contributed by atoms with van der Waals surface area (Å²) in [4.78, 5) is 29.4. The van der Waals surface area contributed by atoms with Crippen LogP contribution in [0.5, 0.6) is 0 Å². The first-order valence-corrected chi connectivity index (χ1v) is 10.9. The van der Waals surface area contributed by atoms with Gasteiger partial charge in [-0.05, 0) is 64.8 Å². The number of hydrogen-bond acceptors (Lipinski definition) is 6. The van der Waals surface area contributed by atoms with Crippen molar-refractivity contribution in [2.24, 2.45) is 0 Å². The Morgan fingerprint density at radius 2 is 1.74 bits per heavy atom. The van der Waals surface area contributed by atoms with E-state index in [4.69, 9.17) is 9.26 Å². The van der Waals surface area contributed by atoms with E-state index in [9.17, 15) is 9.59 Å². The molecule has 8 heteroatoms. The summed E-state index contributed by atoms with van der Waals surface area (Å²) in [5.74, 6) is 0.786. The van der Waals surface area contributed by atoms with Gasteiger partial charge in [0.05, 0.1) is 5.54 Å². The van der Waals surface area contributed by atoms with Crippen LogP contribution in [0.2, 0.25) is 0 Å². The molecule has 0 radical (unpaired) electrons. The zero-order valence-electron chi connectivity index (χ0n) is 18.8. The smallest absolute Gasteiger partial charge is 0.408 e. The molecule has 2 aromatic rings. The van der Waals surface area contributed by atoms with E-state index in [0.717, 1.165) is 44.1 Å². The quantitative estimate of drug-likeness (QED) is 0.684. The van der Waals surface area contributed by atoms with Crippen molar-refractivity contribution in [3.8, 4) is 11.5 Å². The lowest BCUT2D eigenvalue weighted by Gasteiger charge is -2.35. The van der Waals surface area contributed by atoms with Crippen LogP contribution in [0.3, 0.4) is 0 Å². The summed E-state index contributed by atoms with van der Waals surface area (Å²) in [7, 11) is 0. The zero-order chi connectivity index (χ0) is 22.5. The Kier molecular flexibility index (Phi) is 6.97. The summed E-state index contributed by atoms with van der Waals surface area (Å²) >= 11 is 0. The third-order valence-corrected chi connectivity index (χ3v) is 5.34. The third kappa shape index (κ3) is 6.54. The number of ether oxygens (including phenoxy) is 1. The molecule has 31 heavy (non-hydrogen) atoms. The molecular weight excluding hydrogens is 396 g/mol. The molecule has 0 bridgehead atoms. The molecule has 0 unspecified atom stereocenters. The highest BCUT2D eigenvalue weighted by Gasteiger charge is 2.34. The van der Waals surface area contributed by atoms with Crippen LogP contribution < -0.4 is 10.6 Å². The van der Waals surface area contributed by atoms with Gasteiger partial charge >= 0.3 is 6.09 Å². The Hall–Kier alpha value is -2.90. The summed E-state index contributed by atoms with van der Waals surface area (Å²) in [6, 6.07) is 7.01. The highest BCUT2D eigenvalue weighted by atomic mass is 16.6. The minimum absolute atomic E-state index is 0.192. The molecule has 0 atom stereocenters. The molecule has 0 aliphatic heterocycles. The number of carbonyl (C=O) groups excluding carboxylic acids is 2. The normalized spacial score (nSPS) is 16.3. The van der Waals surface area contributed by atoms with Crippen molar-refractivity contribution in [3.63, 3.8) is 0 Å². The van der Waals surface area contributed by atoms with Crippen molar-refractivity contribution in [3.05, 3.63) is 35.7 Å². The molecule has 0 spiro atoms. The molecule has 1 aromatic carbocycles. The first-order chi connectivity index (χ1) is 14.7. The van der Waals surface area contributed by atoms with Crippen molar-refractivity contribution in [2.45, 2.75) is 77.4 Å². The SMILES string of the molecule is Cc1noc(-c2ccc(C(=O)NCC3(NC(=O)OC(C)(C)C)CCCCCC3)cc2)n1. The first kappa shape index (κ1) is 22.8. The Morgan fingerprint density at radius 3 is 2.29 bits per heavy atom. The van der Waals surface area contributed by atoms with Gasteiger partial charge in [-0.2, -0.15) is 4.98 Å². The van der Waals surface area contributed by atoms with Crippen LogP contribution in [0.15, 0.2) is 28.8 Å². The number of aryl methyl sites for hydroxylation is 1. The van der Waals surface area contributed by atoms with Crippen molar-refractivity contribution < 1.29 is 18.8 Å². The third-order valence-electron chi connectivity index (χ3n) is 5.34.